The van der Waals surface area contributed by atoms with E-state index in [-0.39, 0.29) is 24.2 Å². The van der Waals surface area contributed by atoms with Crippen LogP contribution in [0.3, 0.4) is 0 Å². The zero-order valence-corrected chi connectivity index (χ0v) is 12.0. The van der Waals surface area contributed by atoms with Crippen LogP contribution < -0.4 is 5.32 Å². The second-order valence-electron chi connectivity index (χ2n) is 5.26. The number of hydrogen-bond acceptors (Lipinski definition) is 3. The first-order valence-corrected chi connectivity index (χ1v) is 7.22. The van der Waals surface area contributed by atoms with E-state index in [9.17, 15) is 9.59 Å². The maximum atomic E-state index is 12.3. The molecule has 0 bridgehead atoms. The number of rotatable bonds is 5. The Balaban J connectivity index is 1.80. The van der Waals surface area contributed by atoms with Gasteiger partial charge in [0.25, 0.3) is 0 Å². The molecule has 0 aromatic heterocycles. The summed E-state index contributed by atoms with van der Waals surface area (Å²) in [6.07, 6.45) is 6.70. The van der Waals surface area contributed by atoms with E-state index >= 15 is 0 Å². The summed E-state index contributed by atoms with van der Waals surface area (Å²) in [6, 6.07) is 9.41. The smallest absolute Gasteiger partial charge is 0.234 e. The van der Waals surface area contributed by atoms with Crippen LogP contribution in [0.5, 0.6) is 0 Å². The van der Waals surface area contributed by atoms with E-state index < -0.39 is 0 Å². The molecule has 0 aliphatic carbocycles. The first kappa shape index (κ1) is 15.3. The molecule has 1 amide bonds. The van der Waals surface area contributed by atoms with Crippen LogP contribution in [0.2, 0.25) is 0 Å². The van der Waals surface area contributed by atoms with E-state index in [1.807, 2.05) is 30.3 Å². The summed E-state index contributed by atoms with van der Waals surface area (Å²) < 4.78 is 0. The van der Waals surface area contributed by atoms with Crippen molar-refractivity contribution in [3.05, 3.63) is 35.9 Å². The van der Waals surface area contributed by atoms with Crippen molar-refractivity contribution in [1.29, 1.82) is 0 Å². The molecule has 4 heteroatoms. The Morgan fingerprint density at radius 1 is 1.24 bits per heavy atom. The number of nitrogens with zero attached hydrogens (tertiary/aromatic N) is 1. The standard InChI is InChI=1S/C17H20N2O2/c1-2-10-18-16(20)13-19-11-8-15(9-12-19)17(21)14-6-4-3-5-7-14/h1,3-7,15H,8-13H2,(H,18,20). The summed E-state index contributed by atoms with van der Waals surface area (Å²) in [5.74, 6) is 2.61. The van der Waals surface area contributed by atoms with Gasteiger partial charge in [-0.3, -0.25) is 14.5 Å². The summed E-state index contributed by atoms with van der Waals surface area (Å²) >= 11 is 0. The predicted molar refractivity (Wildman–Crippen MR) is 81.8 cm³/mol. The van der Waals surface area contributed by atoms with Gasteiger partial charge in [0.2, 0.25) is 5.91 Å². The average molecular weight is 284 g/mol. The molecule has 0 spiro atoms. The fourth-order valence-corrected chi connectivity index (χ4v) is 2.60. The molecule has 1 aliphatic rings. The van der Waals surface area contributed by atoms with Gasteiger partial charge in [0.05, 0.1) is 13.1 Å². The molecule has 1 N–H and O–H groups in total. The number of ketones is 1. The van der Waals surface area contributed by atoms with Crippen molar-refractivity contribution in [3.63, 3.8) is 0 Å². The largest absolute Gasteiger partial charge is 0.344 e. The number of benzene rings is 1. The minimum absolute atomic E-state index is 0.0548. The first-order valence-electron chi connectivity index (χ1n) is 7.22. The fourth-order valence-electron chi connectivity index (χ4n) is 2.60. The van der Waals surface area contributed by atoms with E-state index in [1.165, 1.54) is 0 Å². The average Bonchev–Trinajstić information content (AvgIpc) is 2.54. The zero-order chi connectivity index (χ0) is 15.1. The molecular weight excluding hydrogens is 264 g/mol. The van der Waals surface area contributed by atoms with Gasteiger partial charge in [0.15, 0.2) is 5.78 Å². The molecule has 1 aromatic carbocycles. The number of nitrogens with one attached hydrogen (secondary N) is 1. The van der Waals surface area contributed by atoms with E-state index in [0.29, 0.717) is 6.54 Å². The zero-order valence-electron chi connectivity index (χ0n) is 12.0. The van der Waals surface area contributed by atoms with Crippen molar-refractivity contribution in [2.75, 3.05) is 26.2 Å². The Hall–Kier alpha value is -2.12. The molecule has 1 saturated heterocycles. The van der Waals surface area contributed by atoms with Gasteiger partial charge in [0, 0.05) is 11.5 Å². The van der Waals surface area contributed by atoms with Crippen LogP contribution >= 0.6 is 0 Å². The molecule has 0 atom stereocenters. The Labute approximate surface area is 125 Å². The van der Waals surface area contributed by atoms with Crippen molar-refractivity contribution >= 4 is 11.7 Å². The van der Waals surface area contributed by atoms with Crippen molar-refractivity contribution in [1.82, 2.24) is 10.2 Å². The number of likely N-dealkylation sites (tertiary alicyclic amines) is 1. The number of carbonyl (C=O) groups is 2. The number of hydrogen-bond donors (Lipinski definition) is 1. The van der Waals surface area contributed by atoms with Gasteiger partial charge in [-0.1, -0.05) is 36.3 Å². The van der Waals surface area contributed by atoms with Gasteiger partial charge in [-0.05, 0) is 25.9 Å². The fraction of sp³-hybridized carbons (Fsp3) is 0.412. The van der Waals surface area contributed by atoms with Crippen LogP contribution in [0, 0.1) is 18.3 Å². The Kier molecular flexibility index (Phi) is 5.53. The van der Waals surface area contributed by atoms with Crippen LogP contribution in [0.1, 0.15) is 23.2 Å². The SMILES string of the molecule is C#CCNC(=O)CN1CCC(C(=O)c2ccccc2)CC1. The molecule has 2 rings (SSSR count). The van der Waals surface area contributed by atoms with Crippen molar-refractivity contribution < 1.29 is 9.59 Å². The lowest BCUT2D eigenvalue weighted by Gasteiger charge is -2.30. The van der Waals surface area contributed by atoms with Crippen LogP contribution in [0.4, 0.5) is 0 Å². The predicted octanol–water partition coefficient (Wildman–Crippen LogP) is 1.33. The monoisotopic (exact) mass is 284 g/mol. The van der Waals surface area contributed by atoms with Gasteiger partial charge < -0.3 is 5.32 Å². The summed E-state index contributed by atoms with van der Waals surface area (Å²) in [6.45, 7) is 2.16. The van der Waals surface area contributed by atoms with Gasteiger partial charge >= 0.3 is 0 Å². The number of terminal acetylenes is 1. The van der Waals surface area contributed by atoms with Gasteiger partial charge in [-0.2, -0.15) is 0 Å². The molecule has 1 aliphatic heterocycles. The molecule has 1 heterocycles. The highest BCUT2D eigenvalue weighted by Crippen LogP contribution is 2.21. The molecule has 110 valence electrons. The van der Waals surface area contributed by atoms with Crippen LogP contribution in [0.25, 0.3) is 0 Å². The third-order valence-electron chi connectivity index (χ3n) is 3.77. The quantitative estimate of drug-likeness (QED) is 0.655. The topological polar surface area (TPSA) is 49.4 Å². The number of carbonyl (C=O) groups excluding carboxylic acids is 2. The van der Waals surface area contributed by atoms with Crippen LogP contribution in [-0.4, -0.2) is 42.8 Å². The van der Waals surface area contributed by atoms with E-state index in [1.54, 1.807) is 0 Å². The molecule has 0 unspecified atom stereocenters. The highest BCUT2D eigenvalue weighted by molar-refractivity contribution is 5.97. The van der Waals surface area contributed by atoms with Crippen molar-refractivity contribution in [3.8, 4) is 12.3 Å². The van der Waals surface area contributed by atoms with Gasteiger partial charge in [-0.15, -0.1) is 6.42 Å². The maximum Gasteiger partial charge on any atom is 0.234 e. The third kappa shape index (κ3) is 4.44. The Bertz CT molecular complexity index is 525. The molecule has 0 radical (unpaired) electrons. The van der Waals surface area contributed by atoms with Crippen LogP contribution in [-0.2, 0) is 4.79 Å². The second kappa shape index (κ2) is 7.61. The lowest BCUT2D eigenvalue weighted by Crippen LogP contribution is -2.42. The van der Waals surface area contributed by atoms with Gasteiger partial charge in [-0.25, -0.2) is 0 Å². The normalized spacial score (nSPS) is 16.1. The highest BCUT2D eigenvalue weighted by Gasteiger charge is 2.26. The number of amides is 1. The van der Waals surface area contributed by atoms with E-state index in [2.05, 4.69) is 16.1 Å². The Morgan fingerprint density at radius 2 is 1.90 bits per heavy atom. The first-order chi connectivity index (χ1) is 10.2. The molecule has 1 fully saturated rings. The Morgan fingerprint density at radius 3 is 2.52 bits per heavy atom. The lowest BCUT2D eigenvalue weighted by atomic mass is 9.89. The summed E-state index contributed by atoms with van der Waals surface area (Å²) in [5.41, 5.74) is 0.780. The minimum atomic E-state index is -0.0548. The van der Waals surface area contributed by atoms with Crippen molar-refractivity contribution in [2.24, 2.45) is 5.92 Å². The lowest BCUT2D eigenvalue weighted by molar-refractivity contribution is -0.122. The maximum absolute atomic E-state index is 12.3. The summed E-state index contributed by atoms with van der Waals surface area (Å²) in [5, 5.41) is 2.66. The molecular formula is C17H20N2O2. The third-order valence-corrected chi connectivity index (χ3v) is 3.77. The molecule has 21 heavy (non-hydrogen) atoms. The number of piperidine rings is 1. The summed E-state index contributed by atoms with van der Waals surface area (Å²) in [7, 11) is 0. The highest BCUT2D eigenvalue weighted by atomic mass is 16.2. The molecule has 0 saturated carbocycles. The minimum Gasteiger partial charge on any atom is -0.344 e. The molecule has 1 aromatic rings. The second-order valence-corrected chi connectivity index (χ2v) is 5.26. The van der Waals surface area contributed by atoms with Crippen LogP contribution in [0.15, 0.2) is 30.3 Å². The van der Waals surface area contributed by atoms with Gasteiger partial charge in [0.1, 0.15) is 0 Å². The van der Waals surface area contributed by atoms with E-state index in [0.717, 1.165) is 31.5 Å². The van der Waals surface area contributed by atoms with Crippen molar-refractivity contribution in [2.45, 2.75) is 12.8 Å². The summed E-state index contributed by atoms with van der Waals surface area (Å²) in [4.78, 5) is 26.0. The molecule has 4 nitrogen and oxygen atoms in total. The number of Topliss-reactive ketones (excluding diaryl/α,β-unsaturated/α-hetero) is 1. The van der Waals surface area contributed by atoms with E-state index in [4.69, 9.17) is 6.42 Å².